The van der Waals surface area contributed by atoms with Crippen molar-refractivity contribution >= 4 is 28.2 Å². The molecule has 78 valence electrons. The Labute approximate surface area is 86.7 Å². The van der Waals surface area contributed by atoms with E-state index >= 15 is 0 Å². The lowest BCUT2D eigenvalue weighted by Gasteiger charge is -1.97. The van der Waals surface area contributed by atoms with Crippen molar-refractivity contribution in [3.63, 3.8) is 0 Å². The Kier molecular flexibility index (Phi) is 3.70. The number of hydrogen-bond acceptors (Lipinski definition) is 5. The second-order valence-electron chi connectivity index (χ2n) is 2.62. The minimum atomic E-state index is -0.161. The predicted octanol–water partition coefficient (Wildman–Crippen LogP) is 0.907. The second kappa shape index (κ2) is 4.80. The van der Waals surface area contributed by atoms with Crippen molar-refractivity contribution in [3.8, 4) is 0 Å². The summed E-state index contributed by atoms with van der Waals surface area (Å²) in [6.07, 6.45) is 0. The number of carbonyl (C=O) groups is 1. The largest absolute Gasteiger partial charge is 0.382 e. The Morgan fingerprint density at radius 3 is 2.79 bits per heavy atom. The zero-order valence-corrected chi connectivity index (χ0v) is 9.07. The fraction of sp³-hybridized carbons (Fsp3) is 0.500. The van der Waals surface area contributed by atoms with Crippen LogP contribution < -0.4 is 16.4 Å². The van der Waals surface area contributed by atoms with E-state index in [1.165, 1.54) is 11.3 Å². The van der Waals surface area contributed by atoms with E-state index < -0.39 is 0 Å². The van der Waals surface area contributed by atoms with E-state index in [-0.39, 0.29) is 11.7 Å². The number of rotatable bonds is 4. The molecule has 0 aliphatic carbocycles. The third-order valence-electron chi connectivity index (χ3n) is 1.52. The van der Waals surface area contributed by atoms with Crippen LogP contribution in [0.3, 0.4) is 0 Å². The minimum absolute atomic E-state index is 0.161. The van der Waals surface area contributed by atoms with Crippen LogP contribution in [-0.2, 0) is 0 Å². The first-order valence-corrected chi connectivity index (χ1v) is 5.29. The van der Waals surface area contributed by atoms with Gasteiger partial charge in [0, 0.05) is 13.1 Å². The molecule has 1 aromatic rings. The van der Waals surface area contributed by atoms with Crippen LogP contribution in [0.25, 0.3) is 0 Å². The normalized spacial score (nSPS) is 9.86. The fourth-order valence-electron chi connectivity index (χ4n) is 0.962. The van der Waals surface area contributed by atoms with Crippen molar-refractivity contribution in [2.24, 2.45) is 0 Å². The van der Waals surface area contributed by atoms with Gasteiger partial charge in [-0.15, -0.1) is 0 Å². The van der Waals surface area contributed by atoms with Crippen LogP contribution in [-0.4, -0.2) is 24.0 Å². The molecule has 0 saturated carbocycles. The average molecular weight is 214 g/mol. The van der Waals surface area contributed by atoms with Crippen molar-refractivity contribution in [1.29, 1.82) is 0 Å². The molecule has 6 heteroatoms. The summed E-state index contributed by atoms with van der Waals surface area (Å²) in [4.78, 5) is 15.9. The number of carbonyl (C=O) groups excluding carboxylic acids is 1. The summed E-state index contributed by atoms with van der Waals surface area (Å²) < 4.78 is 0. The lowest BCUT2D eigenvalue weighted by atomic mass is 10.4. The van der Waals surface area contributed by atoms with E-state index in [0.717, 1.165) is 6.54 Å². The lowest BCUT2D eigenvalue weighted by Crippen LogP contribution is -2.22. The SMILES string of the molecule is CCNC(=O)c1sc(NCC)nc1N. The second-order valence-corrected chi connectivity index (χ2v) is 3.62. The number of anilines is 2. The number of aromatic nitrogens is 1. The zero-order valence-electron chi connectivity index (χ0n) is 8.26. The molecule has 0 atom stereocenters. The van der Waals surface area contributed by atoms with Gasteiger partial charge in [0.25, 0.3) is 5.91 Å². The first-order chi connectivity index (χ1) is 6.69. The predicted molar refractivity (Wildman–Crippen MR) is 58.7 cm³/mol. The Morgan fingerprint density at radius 1 is 1.50 bits per heavy atom. The average Bonchev–Trinajstić information content (AvgIpc) is 2.48. The van der Waals surface area contributed by atoms with Gasteiger partial charge >= 0.3 is 0 Å². The number of amides is 1. The molecule has 0 unspecified atom stereocenters. The Hall–Kier alpha value is -1.30. The van der Waals surface area contributed by atoms with Crippen LogP contribution in [0.1, 0.15) is 23.5 Å². The van der Waals surface area contributed by atoms with Gasteiger partial charge in [0.05, 0.1) is 0 Å². The quantitative estimate of drug-likeness (QED) is 0.696. The van der Waals surface area contributed by atoms with E-state index in [1.54, 1.807) is 0 Å². The molecule has 1 aromatic heterocycles. The lowest BCUT2D eigenvalue weighted by molar-refractivity contribution is 0.0960. The van der Waals surface area contributed by atoms with E-state index in [0.29, 0.717) is 16.6 Å². The van der Waals surface area contributed by atoms with Gasteiger partial charge in [0.2, 0.25) is 0 Å². The molecule has 0 bridgehead atoms. The third kappa shape index (κ3) is 2.35. The third-order valence-corrected chi connectivity index (χ3v) is 2.55. The van der Waals surface area contributed by atoms with Crippen LogP contribution in [0.2, 0.25) is 0 Å². The molecule has 1 heterocycles. The van der Waals surface area contributed by atoms with Crippen LogP contribution in [0, 0.1) is 0 Å². The Balaban J connectivity index is 2.81. The van der Waals surface area contributed by atoms with Crippen molar-refractivity contribution in [3.05, 3.63) is 4.88 Å². The van der Waals surface area contributed by atoms with E-state index in [9.17, 15) is 4.79 Å². The Morgan fingerprint density at radius 2 is 2.21 bits per heavy atom. The van der Waals surface area contributed by atoms with Crippen LogP contribution in [0.5, 0.6) is 0 Å². The van der Waals surface area contributed by atoms with Gasteiger partial charge in [-0.1, -0.05) is 11.3 Å². The highest BCUT2D eigenvalue weighted by Crippen LogP contribution is 2.24. The highest BCUT2D eigenvalue weighted by molar-refractivity contribution is 7.18. The van der Waals surface area contributed by atoms with Crippen LogP contribution in [0.15, 0.2) is 0 Å². The number of nitrogen functional groups attached to an aromatic ring is 1. The fourth-order valence-corrected chi connectivity index (χ4v) is 1.83. The number of nitrogens with zero attached hydrogens (tertiary/aromatic N) is 1. The van der Waals surface area contributed by atoms with Gasteiger partial charge in [-0.3, -0.25) is 4.79 Å². The standard InChI is InChI=1S/C8H14N4OS/c1-3-10-7(13)5-6(9)12-8(14-5)11-4-2/h3-4,9H2,1-2H3,(H,10,13)(H,11,12). The smallest absolute Gasteiger partial charge is 0.265 e. The number of nitrogens with one attached hydrogen (secondary N) is 2. The number of thiazole rings is 1. The van der Waals surface area contributed by atoms with Gasteiger partial charge in [0.15, 0.2) is 5.13 Å². The maximum absolute atomic E-state index is 11.4. The van der Waals surface area contributed by atoms with Gasteiger partial charge in [-0.25, -0.2) is 4.98 Å². The van der Waals surface area contributed by atoms with Crippen LogP contribution >= 0.6 is 11.3 Å². The number of nitrogens with two attached hydrogens (primary N) is 1. The molecular weight excluding hydrogens is 200 g/mol. The molecule has 0 aromatic carbocycles. The van der Waals surface area contributed by atoms with E-state index in [2.05, 4.69) is 15.6 Å². The molecule has 0 saturated heterocycles. The molecule has 0 aliphatic rings. The molecule has 5 nitrogen and oxygen atoms in total. The Bertz CT molecular complexity index is 323. The van der Waals surface area contributed by atoms with Gasteiger partial charge in [-0.2, -0.15) is 0 Å². The summed E-state index contributed by atoms with van der Waals surface area (Å²) in [5, 5.41) is 6.38. The highest BCUT2D eigenvalue weighted by atomic mass is 32.1. The van der Waals surface area contributed by atoms with Crippen LogP contribution in [0.4, 0.5) is 10.9 Å². The van der Waals surface area contributed by atoms with Crippen molar-refractivity contribution in [2.45, 2.75) is 13.8 Å². The summed E-state index contributed by atoms with van der Waals surface area (Å²) in [5.41, 5.74) is 5.60. The first kappa shape index (κ1) is 10.8. The molecule has 0 spiro atoms. The molecule has 1 amide bonds. The van der Waals surface area contributed by atoms with Crippen molar-refractivity contribution in [2.75, 3.05) is 24.1 Å². The highest BCUT2D eigenvalue weighted by Gasteiger charge is 2.14. The zero-order chi connectivity index (χ0) is 10.6. The summed E-state index contributed by atoms with van der Waals surface area (Å²) >= 11 is 1.27. The number of hydrogen-bond donors (Lipinski definition) is 3. The van der Waals surface area contributed by atoms with Crippen molar-refractivity contribution < 1.29 is 4.79 Å². The molecule has 0 fully saturated rings. The maximum atomic E-state index is 11.4. The molecule has 4 N–H and O–H groups in total. The van der Waals surface area contributed by atoms with E-state index in [4.69, 9.17) is 5.73 Å². The molecule has 1 rings (SSSR count). The topological polar surface area (TPSA) is 80.0 Å². The molecule has 0 radical (unpaired) electrons. The van der Waals surface area contributed by atoms with Gasteiger partial charge in [-0.05, 0) is 13.8 Å². The van der Waals surface area contributed by atoms with Crippen molar-refractivity contribution in [1.82, 2.24) is 10.3 Å². The molecule has 0 aliphatic heterocycles. The summed E-state index contributed by atoms with van der Waals surface area (Å²) in [6, 6.07) is 0. The monoisotopic (exact) mass is 214 g/mol. The van der Waals surface area contributed by atoms with E-state index in [1.807, 2.05) is 13.8 Å². The molecular formula is C8H14N4OS. The summed E-state index contributed by atoms with van der Waals surface area (Å²) in [5.74, 6) is 0.128. The molecule has 14 heavy (non-hydrogen) atoms. The summed E-state index contributed by atoms with van der Waals surface area (Å²) in [7, 11) is 0. The van der Waals surface area contributed by atoms with Gasteiger partial charge in [0.1, 0.15) is 10.7 Å². The maximum Gasteiger partial charge on any atom is 0.265 e. The minimum Gasteiger partial charge on any atom is -0.382 e. The van der Waals surface area contributed by atoms with Gasteiger partial charge < -0.3 is 16.4 Å². The first-order valence-electron chi connectivity index (χ1n) is 4.47. The summed E-state index contributed by atoms with van der Waals surface area (Å²) in [6.45, 7) is 5.18.